The Morgan fingerprint density at radius 3 is 3.00 bits per heavy atom. The number of hydrogen-bond acceptors (Lipinski definition) is 2. The minimum atomic E-state index is 0.193. The lowest BCUT2D eigenvalue weighted by Crippen LogP contribution is -2.19. The van der Waals surface area contributed by atoms with Gasteiger partial charge in [0.05, 0.1) is 10.2 Å². The molecule has 0 amide bonds. The maximum Gasteiger partial charge on any atom is 0.168 e. The van der Waals surface area contributed by atoms with Gasteiger partial charge in [-0.1, -0.05) is 11.6 Å². The average Bonchev–Trinajstić information content (AvgIpc) is 1.96. The second kappa shape index (κ2) is 4.02. The molecule has 0 aliphatic rings. The van der Waals surface area contributed by atoms with Gasteiger partial charge in [0.1, 0.15) is 5.15 Å². The predicted molar refractivity (Wildman–Crippen MR) is 57.4 cm³/mol. The zero-order chi connectivity index (χ0) is 9.14. The Morgan fingerprint density at radius 2 is 2.42 bits per heavy atom. The van der Waals surface area contributed by atoms with E-state index in [0.29, 0.717) is 10.8 Å². The number of anilines is 1. The first kappa shape index (κ1) is 9.70. The van der Waals surface area contributed by atoms with E-state index in [4.69, 9.17) is 17.3 Å². The van der Waals surface area contributed by atoms with Gasteiger partial charge in [0.2, 0.25) is 0 Å². The van der Waals surface area contributed by atoms with Crippen LogP contribution in [0.25, 0.3) is 0 Å². The van der Waals surface area contributed by atoms with Gasteiger partial charge in [-0.2, -0.15) is 0 Å². The second-order valence-corrected chi connectivity index (χ2v) is 3.66. The van der Waals surface area contributed by atoms with Crippen LogP contribution in [0.2, 0.25) is 5.15 Å². The summed E-state index contributed by atoms with van der Waals surface area (Å²) in [4.78, 5) is 3.84. The summed E-state index contributed by atoms with van der Waals surface area (Å²) in [5.74, 6) is 0. The van der Waals surface area contributed by atoms with E-state index in [0.717, 1.165) is 4.47 Å². The van der Waals surface area contributed by atoms with E-state index in [1.54, 1.807) is 12.3 Å². The fraction of sp³-hybridized carbons (Fsp3) is 0. The third-order valence-corrected chi connectivity index (χ3v) is 2.02. The van der Waals surface area contributed by atoms with Crippen molar-refractivity contribution >= 4 is 50.5 Å². The molecular weight excluding hydrogens is 262 g/mol. The smallest absolute Gasteiger partial charge is 0.168 e. The molecule has 0 atom stereocenters. The fourth-order valence-electron chi connectivity index (χ4n) is 0.642. The summed E-state index contributed by atoms with van der Waals surface area (Å²) in [5.41, 5.74) is 5.99. The van der Waals surface area contributed by atoms with Crippen LogP contribution in [0, 0.1) is 0 Å². The molecule has 1 rings (SSSR count). The van der Waals surface area contributed by atoms with E-state index < -0.39 is 0 Å². The number of halogens is 2. The molecule has 0 fully saturated rings. The number of nitrogens with zero attached hydrogens (tertiary/aromatic N) is 1. The summed E-state index contributed by atoms with van der Waals surface area (Å²) in [6.07, 6.45) is 1.57. The van der Waals surface area contributed by atoms with Crippen molar-refractivity contribution in [2.45, 2.75) is 0 Å². The van der Waals surface area contributed by atoms with Crippen molar-refractivity contribution in [3.05, 3.63) is 21.9 Å². The molecular formula is C6H5BrClN3S. The van der Waals surface area contributed by atoms with Gasteiger partial charge in [-0.15, -0.1) is 0 Å². The molecule has 1 heterocycles. The number of hydrogen-bond donors (Lipinski definition) is 2. The fourth-order valence-corrected chi connectivity index (χ4v) is 1.23. The summed E-state index contributed by atoms with van der Waals surface area (Å²) < 4.78 is 0.764. The molecule has 1 aromatic rings. The van der Waals surface area contributed by atoms with Crippen LogP contribution in [-0.4, -0.2) is 10.1 Å². The number of nitrogens with two attached hydrogens (primary N) is 1. The predicted octanol–water partition coefficient (Wildman–Crippen LogP) is 2.15. The molecule has 0 bridgehead atoms. The minimum Gasteiger partial charge on any atom is -0.376 e. The molecule has 3 N–H and O–H groups in total. The molecule has 0 unspecified atom stereocenters. The maximum atomic E-state index is 5.64. The Hall–Kier alpha value is -0.390. The Bertz CT molecular complexity index is 318. The number of aromatic nitrogens is 1. The van der Waals surface area contributed by atoms with Crippen LogP contribution in [0.5, 0.6) is 0 Å². The van der Waals surface area contributed by atoms with Crippen molar-refractivity contribution in [1.82, 2.24) is 4.98 Å². The Balaban J connectivity index is 2.97. The van der Waals surface area contributed by atoms with E-state index in [9.17, 15) is 0 Å². The minimum absolute atomic E-state index is 0.193. The van der Waals surface area contributed by atoms with Gasteiger partial charge in [-0.05, 0) is 28.1 Å². The highest BCUT2D eigenvalue weighted by molar-refractivity contribution is 9.10. The first-order chi connectivity index (χ1) is 5.59. The number of rotatable bonds is 1. The van der Waals surface area contributed by atoms with Crippen LogP contribution in [0.1, 0.15) is 0 Å². The van der Waals surface area contributed by atoms with Crippen LogP contribution >= 0.6 is 39.7 Å². The van der Waals surface area contributed by atoms with Crippen molar-refractivity contribution in [3.8, 4) is 0 Å². The Kier molecular flexibility index (Phi) is 3.25. The average molecular weight is 267 g/mol. The highest BCUT2D eigenvalue weighted by Crippen LogP contribution is 2.23. The largest absolute Gasteiger partial charge is 0.376 e. The number of pyridine rings is 1. The highest BCUT2D eigenvalue weighted by Gasteiger charge is 2.01. The molecule has 0 saturated carbocycles. The molecule has 6 heteroatoms. The Morgan fingerprint density at radius 1 is 1.75 bits per heavy atom. The maximum absolute atomic E-state index is 5.64. The van der Waals surface area contributed by atoms with Crippen molar-refractivity contribution in [3.63, 3.8) is 0 Å². The van der Waals surface area contributed by atoms with E-state index in [-0.39, 0.29) is 5.11 Å². The van der Waals surface area contributed by atoms with Gasteiger partial charge >= 0.3 is 0 Å². The topological polar surface area (TPSA) is 50.9 Å². The van der Waals surface area contributed by atoms with E-state index in [1.165, 1.54) is 0 Å². The van der Waals surface area contributed by atoms with Gasteiger partial charge in [0.25, 0.3) is 0 Å². The zero-order valence-corrected chi connectivity index (χ0v) is 9.00. The van der Waals surface area contributed by atoms with Crippen molar-refractivity contribution in [2.75, 3.05) is 5.32 Å². The quantitative estimate of drug-likeness (QED) is 0.604. The number of thiocarbonyl (C=S) groups is 1. The van der Waals surface area contributed by atoms with E-state index in [1.807, 2.05) is 0 Å². The van der Waals surface area contributed by atoms with E-state index in [2.05, 4.69) is 38.4 Å². The molecule has 0 radical (unpaired) electrons. The van der Waals surface area contributed by atoms with Gasteiger partial charge in [0, 0.05) is 12.3 Å². The molecule has 0 spiro atoms. The molecule has 3 nitrogen and oxygen atoms in total. The van der Waals surface area contributed by atoms with E-state index >= 15 is 0 Å². The summed E-state index contributed by atoms with van der Waals surface area (Å²) >= 11 is 13.6. The SMILES string of the molecule is NC(=S)Nc1cc(Cl)ncc1Br. The lowest BCUT2D eigenvalue weighted by atomic mass is 10.4. The highest BCUT2D eigenvalue weighted by atomic mass is 79.9. The van der Waals surface area contributed by atoms with Crippen molar-refractivity contribution in [1.29, 1.82) is 0 Å². The van der Waals surface area contributed by atoms with Gasteiger partial charge in [-0.3, -0.25) is 0 Å². The molecule has 0 saturated heterocycles. The third-order valence-electron chi connectivity index (χ3n) is 1.08. The summed E-state index contributed by atoms with van der Waals surface area (Å²) in [5, 5.41) is 3.33. The lowest BCUT2D eigenvalue weighted by Gasteiger charge is -2.05. The molecule has 64 valence electrons. The molecule has 12 heavy (non-hydrogen) atoms. The zero-order valence-electron chi connectivity index (χ0n) is 5.84. The Labute approximate surface area is 88.4 Å². The first-order valence-corrected chi connectivity index (χ1v) is 4.55. The molecule has 0 aliphatic heterocycles. The summed E-state index contributed by atoms with van der Waals surface area (Å²) in [6, 6.07) is 1.63. The van der Waals surface area contributed by atoms with Crippen LogP contribution in [0.3, 0.4) is 0 Å². The van der Waals surface area contributed by atoms with Gasteiger partial charge in [-0.25, -0.2) is 4.98 Å². The molecule has 0 aliphatic carbocycles. The van der Waals surface area contributed by atoms with Gasteiger partial charge in [0.15, 0.2) is 5.11 Å². The van der Waals surface area contributed by atoms with Crippen molar-refractivity contribution in [2.24, 2.45) is 5.73 Å². The monoisotopic (exact) mass is 265 g/mol. The second-order valence-electron chi connectivity index (χ2n) is 1.98. The lowest BCUT2D eigenvalue weighted by molar-refractivity contribution is 1.31. The summed E-state index contributed by atoms with van der Waals surface area (Å²) in [6.45, 7) is 0. The van der Waals surface area contributed by atoms with Crippen molar-refractivity contribution < 1.29 is 0 Å². The van der Waals surface area contributed by atoms with Gasteiger partial charge < -0.3 is 11.1 Å². The summed E-state index contributed by atoms with van der Waals surface area (Å²) in [7, 11) is 0. The number of nitrogens with one attached hydrogen (secondary N) is 1. The molecule has 1 aromatic heterocycles. The van der Waals surface area contributed by atoms with Crippen LogP contribution in [-0.2, 0) is 0 Å². The third kappa shape index (κ3) is 2.58. The first-order valence-electron chi connectivity index (χ1n) is 2.97. The molecule has 0 aromatic carbocycles. The normalized spacial score (nSPS) is 9.50. The van der Waals surface area contributed by atoms with Crippen LogP contribution < -0.4 is 11.1 Å². The van der Waals surface area contributed by atoms with Crippen LogP contribution in [0.15, 0.2) is 16.7 Å². The van der Waals surface area contributed by atoms with Crippen LogP contribution in [0.4, 0.5) is 5.69 Å². The standard InChI is InChI=1S/C6H5BrClN3S/c7-3-2-10-5(8)1-4(3)11-6(9)12/h1-2H,(H3,9,10,11,12).